The van der Waals surface area contributed by atoms with Crippen LogP contribution in [-0.4, -0.2) is 19.6 Å². The Morgan fingerprint density at radius 3 is 2.54 bits per heavy atom. The topological polar surface area (TPSA) is 55.1 Å². The van der Waals surface area contributed by atoms with Crippen LogP contribution in [0.1, 0.15) is 23.7 Å². The predicted octanol–water partition coefficient (Wildman–Crippen LogP) is 4.71. The molecule has 5 heteroatoms. The Balaban J connectivity index is 1.77. The molecule has 0 saturated carbocycles. The Hall–Kier alpha value is -3.21. The summed E-state index contributed by atoms with van der Waals surface area (Å²) in [5, 5.41) is 8.13. The Labute approximate surface area is 152 Å². The van der Waals surface area contributed by atoms with Crippen molar-refractivity contribution in [2.45, 2.75) is 27.2 Å². The molecule has 0 radical (unpaired) electrons. The normalized spacial score (nSPS) is 11.0. The monoisotopic (exact) mass is 343 g/mol. The summed E-state index contributed by atoms with van der Waals surface area (Å²) in [4.78, 5) is 9.13. The van der Waals surface area contributed by atoms with Gasteiger partial charge in [-0.3, -0.25) is 0 Å². The van der Waals surface area contributed by atoms with Gasteiger partial charge in [0.1, 0.15) is 5.82 Å². The molecule has 2 aromatic heterocycles. The molecule has 0 aliphatic carbocycles. The van der Waals surface area contributed by atoms with E-state index in [-0.39, 0.29) is 0 Å². The lowest BCUT2D eigenvalue weighted by Gasteiger charge is -2.09. The van der Waals surface area contributed by atoms with Crippen LogP contribution >= 0.6 is 0 Å². The minimum Gasteiger partial charge on any atom is -0.340 e. The van der Waals surface area contributed by atoms with Gasteiger partial charge in [-0.05, 0) is 38.0 Å². The van der Waals surface area contributed by atoms with Crippen LogP contribution < -0.4 is 5.32 Å². The molecule has 0 amide bonds. The number of nitrogens with zero attached hydrogens (tertiary/aromatic N) is 4. The minimum absolute atomic E-state index is 0.592. The summed E-state index contributed by atoms with van der Waals surface area (Å²) in [5.74, 6) is 2.12. The molecule has 5 nitrogen and oxygen atoms in total. The van der Waals surface area contributed by atoms with E-state index in [1.807, 2.05) is 25.1 Å². The maximum absolute atomic E-state index is 4.67. The van der Waals surface area contributed by atoms with Crippen molar-refractivity contribution >= 4 is 17.3 Å². The molecule has 1 N–H and O–H groups in total. The first-order valence-corrected chi connectivity index (χ1v) is 8.80. The van der Waals surface area contributed by atoms with Gasteiger partial charge in [0.15, 0.2) is 5.82 Å². The second kappa shape index (κ2) is 6.59. The highest BCUT2D eigenvalue weighted by Crippen LogP contribution is 2.22. The molecule has 0 unspecified atom stereocenters. The van der Waals surface area contributed by atoms with Gasteiger partial charge in [0.05, 0.1) is 0 Å². The number of hydrogen-bond donors (Lipinski definition) is 1. The van der Waals surface area contributed by atoms with E-state index >= 15 is 0 Å². The van der Waals surface area contributed by atoms with Gasteiger partial charge in [0.25, 0.3) is 5.78 Å². The molecule has 0 aliphatic rings. The summed E-state index contributed by atoms with van der Waals surface area (Å²) in [5.41, 5.74) is 5.41. The molecule has 0 spiro atoms. The molecule has 0 aliphatic heterocycles. The number of aromatic nitrogens is 4. The highest BCUT2D eigenvalue weighted by molar-refractivity contribution is 5.62. The summed E-state index contributed by atoms with van der Waals surface area (Å²) < 4.78 is 1.76. The Kier molecular flexibility index (Phi) is 4.13. The summed E-state index contributed by atoms with van der Waals surface area (Å²) >= 11 is 0. The zero-order valence-electron chi connectivity index (χ0n) is 15.2. The zero-order valence-corrected chi connectivity index (χ0v) is 15.2. The van der Waals surface area contributed by atoms with Gasteiger partial charge < -0.3 is 5.32 Å². The molecule has 2 aromatic carbocycles. The van der Waals surface area contributed by atoms with E-state index in [4.69, 9.17) is 0 Å². The lowest BCUT2D eigenvalue weighted by atomic mass is 10.1. The van der Waals surface area contributed by atoms with Gasteiger partial charge in [-0.1, -0.05) is 48.9 Å². The molecule has 26 heavy (non-hydrogen) atoms. The maximum Gasteiger partial charge on any atom is 0.254 e. The fraction of sp³-hybridized carbons (Fsp3) is 0.190. The first kappa shape index (κ1) is 16.3. The average molecular weight is 343 g/mol. The summed E-state index contributed by atoms with van der Waals surface area (Å²) in [6.45, 7) is 6.19. The van der Waals surface area contributed by atoms with Crippen LogP contribution in [0, 0.1) is 13.8 Å². The number of fused-ring (bicyclic) bond motifs is 1. The van der Waals surface area contributed by atoms with Crippen LogP contribution in [-0.2, 0) is 6.42 Å². The van der Waals surface area contributed by atoms with Gasteiger partial charge >= 0.3 is 0 Å². The van der Waals surface area contributed by atoms with E-state index in [2.05, 4.69) is 70.6 Å². The third kappa shape index (κ3) is 3.16. The lowest BCUT2D eigenvalue weighted by Crippen LogP contribution is -2.03. The van der Waals surface area contributed by atoms with Crippen LogP contribution in [0.3, 0.4) is 0 Å². The van der Waals surface area contributed by atoms with E-state index in [0.717, 1.165) is 29.2 Å². The highest BCUT2D eigenvalue weighted by Gasteiger charge is 2.12. The highest BCUT2D eigenvalue weighted by atomic mass is 15.4. The molecule has 4 aromatic rings. The maximum atomic E-state index is 4.67. The largest absolute Gasteiger partial charge is 0.340 e. The molecule has 0 fully saturated rings. The average Bonchev–Trinajstić information content (AvgIpc) is 3.06. The van der Waals surface area contributed by atoms with Crippen molar-refractivity contribution in [3.8, 4) is 11.4 Å². The number of benzene rings is 2. The van der Waals surface area contributed by atoms with Crippen molar-refractivity contribution in [1.82, 2.24) is 19.6 Å². The van der Waals surface area contributed by atoms with Crippen LogP contribution in [0.2, 0.25) is 0 Å². The number of aryl methyl sites for hydroxylation is 3. The minimum atomic E-state index is 0.592. The van der Waals surface area contributed by atoms with E-state index in [0.29, 0.717) is 11.6 Å². The molecule has 130 valence electrons. The summed E-state index contributed by atoms with van der Waals surface area (Å²) in [6, 6.07) is 18.6. The standard InChI is InChI=1S/C21H21N5/c1-4-16-6-5-7-18(13-16)23-19-12-15(3)22-21-24-20(25-26(19)21)17-10-8-14(2)9-11-17/h5-13,23H,4H2,1-3H3. The predicted molar refractivity (Wildman–Crippen MR) is 105 cm³/mol. The Bertz CT molecular complexity index is 1060. The van der Waals surface area contributed by atoms with Gasteiger partial charge in [0.2, 0.25) is 0 Å². The second-order valence-corrected chi connectivity index (χ2v) is 6.47. The van der Waals surface area contributed by atoms with E-state index in [1.165, 1.54) is 11.1 Å². The molecular formula is C21H21N5. The molecular weight excluding hydrogens is 322 g/mol. The fourth-order valence-corrected chi connectivity index (χ4v) is 2.92. The van der Waals surface area contributed by atoms with Crippen molar-refractivity contribution in [3.63, 3.8) is 0 Å². The smallest absolute Gasteiger partial charge is 0.254 e. The molecule has 0 saturated heterocycles. The molecule has 2 heterocycles. The van der Waals surface area contributed by atoms with E-state index < -0.39 is 0 Å². The number of hydrogen-bond acceptors (Lipinski definition) is 4. The van der Waals surface area contributed by atoms with Crippen molar-refractivity contribution in [3.05, 3.63) is 71.4 Å². The Morgan fingerprint density at radius 2 is 1.77 bits per heavy atom. The second-order valence-electron chi connectivity index (χ2n) is 6.47. The number of anilines is 2. The quantitative estimate of drug-likeness (QED) is 0.583. The first-order chi connectivity index (χ1) is 12.6. The van der Waals surface area contributed by atoms with Crippen LogP contribution in [0.4, 0.5) is 11.5 Å². The van der Waals surface area contributed by atoms with Crippen molar-refractivity contribution in [1.29, 1.82) is 0 Å². The van der Waals surface area contributed by atoms with Crippen molar-refractivity contribution in [2.24, 2.45) is 0 Å². The lowest BCUT2D eigenvalue weighted by molar-refractivity contribution is 0.940. The van der Waals surface area contributed by atoms with E-state index in [9.17, 15) is 0 Å². The van der Waals surface area contributed by atoms with Crippen molar-refractivity contribution in [2.75, 3.05) is 5.32 Å². The van der Waals surface area contributed by atoms with Crippen LogP contribution in [0.25, 0.3) is 17.2 Å². The molecule has 0 bridgehead atoms. The van der Waals surface area contributed by atoms with Gasteiger partial charge in [0, 0.05) is 23.0 Å². The molecule has 0 atom stereocenters. The van der Waals surface area contributed by atoms with Crippen LogP contribution in [0.5, 0.6) is 0 Å². The van der Waals surface area contributed by atoms with Gasteiger partial charge in [-0.15, -0.1) is 5.10 Å². The van der Waals surface area contributed by atoms with Crippen molar-refractivity contribution < 1.29 is 0 Å². The summed E-state index contributed by atoms with van der Waals surface area (Å²) in [6.07, 6.45) is 1.00. The third-order valence-electron chi connectivity index (χ3n) is 4.36. The third-order valence-corrected chi connectivity index (χ3v) is 4.36. The fourth-order valence-electron chi connectivity index (χ4n) is 2.92. The molecule has 4 rings (SSSR count). The van der Waals surface area contributed by atoms with Gasteiger partial charge in [-0.25, -0.2) is 4.98 Å². The number of rotatable bonds is 4. The van der Waals surface area contributed by atoms with Crippen LogP contribution in [0.15, 0.2) is 54.6 Å². The SMILES string of the molecule is CCc1cccc(Nc2cc(C)nc3nc(-c4ccc(C)cc4)nn23)c1. The Morgan fingerprint density at radius 1 is 0.962 bits per heavy atom. The number of nitrogens with one attached hydrogen (secondary N) is 1. The summed E-state index contributed by atoms with van der Waals surface area (Å²) in [7, 11) is 0. The van der Waals surface area contributed by atoms with Gasteiger partial charge in [-0.2, -0.15) is 9.50 Å². The van der Waals surface area contributed by atoms with E-state index in [1.54, 1.807) is 4.52 Å². The zero-order chi connectivity index (χ0) is 18.1. The first-order valence-electron chi connectivity index (χ1n) is 8.80.